The van der Waals surface area contributed by atoms with Crippen molar-refractivity contribution in [2.24, 2.45) is 0 Å². The maximum Gasteiger partial charge on any atom is 0.218 e. The number of nitrogens with zero attached hydrogens (tertiary/aromatic N) is 1. The van der Waals surface area contributed by atoms with Gasteiger partial charge in [-0.2, -0.15) is 4.31 Å². The highest BCUT2D eigenvalue weighted by Gasteiger charge is 2.20. The fraction of sp³-hybridized carbons (Fsp3) is 0.467. The van der Waals surface area contributed by atoms with Crippen LogP contribution in [0.4, 0.5) is 0 Å². The van der Waals surface area contributed by atoms with Gasteiger partial charge in [-0.25, -0.2) is 8.42 Å². The molecule has 0 heterocycles. The number of terminal acetylenes is 1. The third kappa shape index (κ3) is 4.34. The van der Waals surface area contributed by atoms with E-state index in [0.29, 0.717) is 6.04 Å². The minimum Gasteiger partial charge on any atom is -0.310 e. The molecule has 1 aliphatic carbocycles. The predicted octanol–water partition coefficient (Wildman–Crippen LogP) is 1.33. The molecular formula is C15H20N2O2S. The van der Waals surface area contributed by atoms with E-state index in [1.165, 1.54) is 24.2 Å². The molecule has 2 rings (SSSR count). The van der Waals surface area contributed by atoms with E-state index in [9.17, 15) is 8.42 Å². The first-order valence-corrected chi connectivity index (χ1v) is 8.31. The van der Waals surface area contributed by atoms with E-state index < -0.39 is 10.0 Å². The lowest BCUT2D eigenvalue weighted by atomic mass is 10.1. The summed E-state index contributed by atoms with van der Waals surface area (Å²) in [5.41, 5.74) is 1.91. The maximum atomic E-state index is 12.1. The van der Waals surface area contributed by atoms with Crippen molar-refractivity contribution in [2.45, 2.75) is 31.2 Å². The second-order valence-corrected chi connectivity index (χ2v) is 7.27. The van der Waals surface area contributed by atoms with Crippen LogP contribution >= 0.6 is 0 Å². The molecule has 20 heavy (non-hydrogen) atoms. The standard InChI is InChI=1S/C15H20N2O2S/c1-3-9-17(2)20(18,19)12-14-6-4-5-13(10-14)11-16-15-7-8-15/h1,4-6,10,15-16H,7-9,11-12H2,2H3. The Balaban J connectivity index is 2.01. The van der Waals surface area contributed by atoms with Crippen molar-refractivity contribution >= 4 is 10.0 Å². The van der Waals surface area contributed by atoms with Crippen LogP contribution < -0.4 is 5.32 Å². The van der Waals surface area contributed by atoms with Crippen molar-refractivity contribution in [1.82, 2.24) is 9.62 Å². The van der Waals surface area contributed by atoms with Gasteiger partial charge in [-0.1, -0.05) is 30.2 Å². The lowest BCUT2D eigenvalue weighted by molar-refractivity contribution is 0.502. The highest BCUT2D eigenvalue weighted by molar-refractivity contribution is 7.88. The van der Waals surface area contributed by atoms with Gasteiger partial charge < -0.3 is 5.32 Å². The molecule has 4 nitrogen and oxygen atoms in total. The Labute approximate surface area is 121 Å². The normalized spacial score (nSPS) is 15.2. The van der Waals surface area contributed by atoms with Crippen LogP contribution in [0, 0.1) is 12.3 Å². The van der Waals surface area contributed by atoms with E-state index in [4.69, 9.17) is 6.42 Å². The van der Waals surface area contributed by atoms with Crippen LogP contribution in [0.25, 0.3) is 0 Å². The fourth-order valence-corrected chi connectivity index (χ4v) is 3.02. The Morgan fingerprint density at radius 2 is 2.10 bits per heavy atom. The van der Waals surface area contributed by atoms with Gasteiger partial charge in [0, 0.05) is 19.6 Å². The second kappa shape index (κ2) is 6.40. The molecule has 0 radical (unpaired) electrons. The monoisotopic (exact) mass is 292 g/mol. The van der Waals surface area contributed by atoms with E-state index in [2.05, 4.69) is 11.2 Å². The number of rotatable bonds is 7. The largest absolute Gasteiger partial charge is 0.310 e. The lowest BCUT2D eigenvalue weighted by Crippen LogP contribution is -2.28. The van der Waals surface area contributed by atoms with Crippen molar-refractivity contribution in [3.05, 3.63) is 35.4 Å². The van der Waals surface area contributed by atoms with Crippen LogP contribution in [-0.4, -0.2) is 32.4 Å². The zero-order valence-electron chi connectivity index (χ0n) is 11.7. The summed E-state index contributed by atoms with van der Waals surface area (Å²) in [5.74, 6) is 2.34. The van der Waals surface area contributed by atoms with Crippen LogP contribution in [0.5, 0.6) is 0 Å². The maximum absolute atomic E-state index is 12.1. The first kappa shape index (κ1) is 15.0. The minimum absolute atomic E-state index is 0.0115. The Bertz CT molecular complexity index is 601. The van der Waals surface area contributed by atoms with E-state index in [-0.39, 0.29) is 12.3 Å². The first-order chi connectivity index (χ1) is 9.51. The molecule has 0 saturated heterocycles. The molecule has 1 N–H and O–H groups in total. The van der Waals surface area contributed by atoms with Gasteiger partial charge in [0.05, 0.1) is 12.3 Å². The van der Waals surface area contributed by atoms with Gasteiger partial charge in [-0.3, -0.25) is 0 Å². The molecule has 0 bridgehead atoms. The molecule has 1 aromatic carbocycles. The Morgan fingerprint density at radius 3 is 2.75 bits per heavy atom. The Hall–Kier alpha value is -1.35. The van der Waals surface area contributed by atoms with E-state index in [0.717, 1.165) is 17.7 Å². The van der Waals surface area contributed by atoms with Crippen LogP contribution in [0.1, 0.15) is 24.0 Å². The van der Waals surface area contributed by atoms with Gasteiger partial charge in [0.2, 0.25) is 10.0 Å². The molecule has 0 unspecified atom stereocenters. The number of hydrogen-bond donors (Lipinski definition) is 1. The molecule has 108 valence electrons. The average Bonchev–Trinajstić information content (AvgIpc) is 3.20. The summed E-state index contributed by atoms with van der Waals surface area (Å²) in [7, 11) is -1.83. The van der Waals surface area contributed by atoms with Crippen LogP contribution in [0.3, 0.4) is 0 Å². The van der Waals surface area contributed by atoms with Crippen molar-refractivity contribution in [1.29, 1.82) is 0 Å². The summed E-state index contributed by atoms with van der Waals surface area (Å²) >= 11 is 0. The molecule has 0 aromatic heterocycles. The Kier molecular flexibility index (Phi) is 4.81. The number of sulfonamides is 1. The lowest BCUT2D eigenvalue weighted by Gasteiger charge is -2.14. The second-order valence-electron chi connectivity index (χ2n) is 5.19. The summed E-state index contributed by atoms with van der Waals surface area (Å²) in [6.07, 6.45) is 7.64. The molecule has 1 aliphatic rings. The summed E-state index contributed by atoms with van der Waals surface area (Å²) in [6, 6.07) is 8.33. The summed E-state index contributed by atoms with van der Waals surface area (Å²) < 4.78 is 25.4. The Morgan fingerprint density at radius 1 is 1.40 bits per heavy atom. The van der Waals surface area contributed by atoms with Gasteiger partial charge in [0.25, 0.3) is 0 Å². The number of benzene rings is 1. The number of hydrogen-bond acceptors (Lipinski definition) is 3. The third-order valence-electron chi connectivity index (χ3n) is 3.30. The molecule has 1 saturated carbocycles. The van der Waals surface area contributed by atoms with E-state index >= 15 is 0 Å². The molecule has 0 amide bonds. The zero-order chi connectivity index (χ0) is 14.6. The van der Waals surface area contributed by atoms with Gasteiger partial charge in [-0.05, 0) is 24.0 Å². The topological polar surface area (TPSA) is 49.4 Å². The van der Waals surface area contributed by atoms with Gasteiger partial charge in [0.1, 0.15) is 0 Å². The molecule has 0 atom stereocenters. The van der Waals surface area contributed by atoms with Crippen molar-refractivity contribution < 1.29 is 8.42 Å². The molecule has 0 spiro atoms. The van der Waals surface area contributed by atoms with Gasteiger partial charge in [0.15, 0.2) is 0 Å². The van der Waals surface area contributed by atoms with Crippen molar-refractivity contribution in [2.75, 3.05) is 13.6 Å². The van der Waals surface area contributed by atoms with Crippen molar-refractivity contribution in [3.8, 4) is 12.3 Å². The third-order valence-corrected chi connectivity index (χ3v) is 5.08. The zero-order valence-corrected chi connectivity index (χ0v) is 12.5. The molecule has 1 fully saturated rings. The van der Waals surface area contributed by atoms with E-state index in [1.54, 1.807) is 0 Å². The molecule has 5 heteroatoms. The highest BCUT2D eigenvalue weighted by Crippen LogP contribution is 2.19. The van der Waals surface area contributed by atoms with E-state index in [1.807, 2.05) is 24.3 Å². The predicted molar refractivity (Wildman–Crippen MR) is 80.4 cm³/mol. The molecule has 0 aliphatic heterocycles. The van der Waals surface area contributed by atoms with Crippen LogP contribution in [-0.2, 0) is 22.3 Å². The summed E-state index contributed by atoms with van der Waals surface area (Å²) in [4.78, 5) is 0. The average molecular weight is 292 g/mol. The molecule has 1 aromatic rings. The highest BCUT2D eigenvalue weighted by atomic mass is 32.2. The minimum atomic E-state index is -3.34. The van der Waals surface area contributed by atoms with Crippen LogP contribution in [0.15, 0.2) is 24.3 Å². The number of nitrogens with one attached hydrogen (secondary N) is 1. The van der Waals surface area contributed by atoms with Crippen molar-refractivity contribution in [3.63, 3.8) is 0 Å². The molecular weight excluding hydrogens is 272 g/mol. The first-order valence-electron chi connectivity index (χ1n) is 6.70. The quantitative estimate of drug-likeness (QED) is 0.772. The fourth-order valence-electron chi connectivity index (χ4n) is 1.93. The van der Waals surface area contributed by atoms with Gasteiger partial charge >= 0.3 is 0 Å². The SMILES string of the molecule is C#CCN(C)S(=O)(=O)Cc1cccc(CNC2CC2)c1. The summed E-state index contributed by atoms with van der Waals surface area (Å²) in [6.45, 7) is 0.893. The van der Waals surface area contributed by atoms with Crippen LogP contribution in [0.2, 0.25) is 0 Å². The van der Waals surface area contributed by atoms with Gasteiger partial charge in [-0.15, -0.1) is 6.42 Å². The smallest absolute Gasteiger partial charge is 0.218 e. The summed E-state index contributed by atoms with van der Waals surface area (Å²) in [5, 5.41) is 3.42.